The third kappa shape index (κ3) is 3.04. The highest BCUT2D eigenvalue weighted by atomic mass is 19.4. The lowest BCUT2D eigenvalue weighted by Gasteiger charge is -2.23. The van der Waals surface area contributed by atoms with E-state index in [2.05, 4.69) is 5.10 Å². The number of rotatable bonds is 3. The van der Waals surface area contributed by atoms with Gasteiger partial charge in [-0.2, -0.15) is 18.3 Å². The van der Waals surface area contributed by atoms with Gasteiger partial charge in [0.1, 0.15) is 0 Å². The van der Waals surface area contributed by atoms with Gasteiger partial charge in [-0.1, -0.05) is 0 Å². The van der Waals surface area contributed by atoms with Crippen LogP contribution in [0.2, 0.25) is 0 Å². The van der Waals surface area contributed by atoms with Crippen molar-refractivity contribution in [1.29, 1.82) is 0 Å². The summed E-state index contributed by atoms with van der Waals surface area (Å²) in [4.78, 5) is 1.53. The third-order valence-electron chi connectivity index (χ3n) is 2.92. The first kappa shape index (κ1) is 14.2. The molecule has 20 heavy (non-hydrogen) atoms. The van der Waals surface area contributed by atoms with E-state index < -0.39 is 11.7 Å². The van der Waals surface area contributed by atoms with Gasteiger partial charge in [-0.25, -0.2) is 0 Å². The Morgan fingerprint density at radius 2 is 2.05 bits per heavy atom. The maximum Gasteiger partial charge on any atom is 0.418 e. The fourth-order valence-corrected chi connectivity index (χ4v) is 2.03. The molecule has 0 aliphatic rings. The number of benzene rings is 1. The van der Waals surface area contributed by atoms with Crippen molar-refractivity contribution in [3.05, 3.63) is 41.7 Å². The van der Waals surface area contributed by atoms with Crippen LogP contribution in [0.15, 0.2) is 30.6 Å². The monoisotopic (exact) mass is 284 g/mol. The Morgan fingerprint density at radius 3 is 2.60 bits per heavy atom. The molecule has 4 nitrogen and oxygen atoms in total. The van der Waals surface area contributed by atoms with Crippen LogP contribution < -0.4 is 10.6 Å². The van der Waals surface area contributed by atoms with E-state index in [0.717, 1.165) is 11.6 Å². The van der Waals surface area contributed by atoms with Crippen LogP contribution in [0.1, 0.15) is 11.1 Å². The van der Waals surface area contributed by atoms with E-state index >= 15 is 0 Å². The van der Waals surface area contributed by atoms with E-state index in [1.54, 1.807) is 31.2 Å². The molecule has 0 radical (unpaired) electrons. The average molecular weight is 284 g/mol. The summed E-state index contributed by atoms with van der Waals surface area (Å²) >= 11 is 0. The van der Waals surface area contributed by atoms with Gasteiger partial charge in [0.2, 0.25) is 0 Å². The molecule has 7 heteroatoms. The molecule has 2 N–H and O–H groups in total. The number of aromatic nitrogens is 2. The SMILES string of the molecule is CN(Cc1cnn(C)c1)c1ccc(N)cc1C(F)(F)F. The summed E-state index contributed by atoms with van der Waals surface area (Å²) in [6, 6.07) is 3.80. The Balaban J connectivity index is 2.32. The predicted octanol–water partition coefficient (Wildman–Crippen LogP) is 2.66. The molecule has 0 saturated carbocycles. The summed E-state index contributed by atoms with van der Waals surface area (Å²) in [6.07, 6.45) is -1.05. The molecule has 108 valence electrons. The zero-order valence-electron chi connectivity index (χ0n) is 11.1. The Labute approximate surface area is 114 Å². The quantitative estimate of drug-likeness (QED) is 0.881. The first-order valence-corrected chi connectivity index (χ1v) is 5.93. The Kier molecular flexibility index (Phi) is 3.61. The van der Waals surface area contributed by atoms with E-state index in [0.29, 0.717) is 6.54 Å². The average Bonchev–Trinajstić information content (AvgIpc) is 2.73. The van der Waals surface area contributed by atoms with Crippen molar-refractivity contribution in [2.45, 2.75) is 12.7 Å². The highest BCUT2D eigenvalue weighted by Crippen LogP contribution is 2.37. The molecule has 0 unspecified atom stereocenters. The lowest BCUT2D eigenvalue weighted by Crippen LogP contribution is -2.21. The first-order valence-electron chi connectivity index (χ1n) is 5.93. The van der Waals surface area contributed by atoms with Crippen LogP contribution in [-0.4, -0.2) is 16.8 Å². The van der Waals surface area contributed by atoms with Crippen molar-refractivity contribution in [3.63, 3.8) is 0 Å². The van der Waals surface area contributed by atoms with Crippen LogP contribution in [0.4, 0.5) is 24.5 Å². The van der Waals surface area contributed by atoms with Crippen molar-refractivity contribution in [3.8, 4) is 0 Å². The van der Waals surface area contributed by atoms with E-state index in [4.69, 9.17) is 5.73 Å². The van der Waals surface area contributed by atoms with Gasteiger partial charge >= 0.3 is 6.18 Å². The number of nitrogen functional groups attached to an aromatic ring is 1. The van der Waals surface area contributed by atoms with Crippen molar-refractivity contribution >= 4 is 11.4 Å². The van der Waals surface area contributed by atoms with E-state index in [-0.39, 0.29) is 11.4 Å². The zero-order valence-corrected chi connectivity index (χ0v) is 11.1. The molecule has 2 rings (SSSR count). The zero-order chi connectivity index (χ0) is 14.9. The highest BCUT2D eigenvalue weighted by molar-refractivity contribution is 5.60. The summed E-state index contributed by atoms with van der Waals surface area (Å²) in [5.74, 6) is 0. The molecule has 0 amide bonds. The highest BCUT2D eigenvalue weighted by Gasteiger charge is 2.34. The minimum absolute atomic E-state index is 0.0931. The maximum atomic E-state index is 13.0. The largest absolute Gasteiger partial charge is 0.418 e. The van der Waals surface area contributed by atoms with Gasteiger partial charge in [0.05, 0.1) is 11.8 Å². The minimum atomic E-state index is -4.44. The van der Waals surface area contributed by atoms with Gasteiger partial charge in [-0.3, -0.25) is 4.68 Å². The van der Waals surface area contributed by atoms with Crippen molar-refractivity contribution in [1.82, 2.24) is 9.78 Å². The van der Waals surface area contributed by atoms with Crippen LogP contribution in [-0.2, 0) is 19.8 Å². The number of aryl methyl sites for hydroxylation is 1. The number of anilines is 2. The lowest BCUT2D eigenvalue weighted by atomic mass is 10.1. The first-order chi connectivity index (χ1) is 9.27. The van der Waals surface area contributed by atoms with Gasteiger partial charge in [0.15, 0.2) is 0 Å². The predicted molar refractivity (Wildman–Crippen MR) is 71.2 cm³/mol. The number of nitrogens with two attached hydrogens (primary N) is 1. The third-order valence-corrected chi connectivity index (χ3v) is 2.92. The molecule has 1 aromatic carbocycles. The lowest BCUT2D eigenvalue weighted by molar-refractivity contribution is -0.137. The maximum absolute atomic E-state index is 13.0. The summed E-state index contributed by atoms with van der Waals surface area (Å²) in [6.45, 7) is 0.334. The van der Waals surface area contributed by atoms with Crippen molar-refractivity contribution in [2.24, 2.45) is 7.05 Å². The summed E-state index contributed by atoms with van der Waals surface area (Å²) in [5, 5.41) is 4.00. The van der Waals surface area contributed by atoms with Crippen LogP contribution >= 0.6 is 0 Å². The number of alkyl halides is 3. The summed E-state index contributed by atoms with van der Waals surface area (Å²) in [5.41, 5.74) is 5.74. The molecule has 2 aromatic rings. The smallest absolute Gasteiger partial charge is 0.399 e. The number of hydrogen-bond acceptors (Lipinski definition) is 3. The molecule has 0 atom stereocenters. The van der Waals surface area contributed by atoms with Crippen LogP contribution in [0.5, 0.6) is 0 Å². The molecule has 0 fully saturated rings. The molecule has 0 spiro atoms. The second-order valence-electron chi connectivity index (χ2n) is 4.65. The Hall–Kier alpha value is -2.18. The van der Waals surface area contributed by atoms with E-state index in [1.165, 1.54) is 17.0 Å². The van der Waals surface area contributed by atoms with Crippen LogP contribution in [0, 0.1) is 0 Å². The normalized spacial score (nSPS) is 11.7. The Morgan fingerprint density at radius 1 is 1.35 bits per heavy atom. The molecule has 1 heterocycles. The molecule has 0 aliphatic carbocycles. The second kappa shape index (κ2) is 5.07. The van der Waals surface area contributed by atoms with E-state index in [1.807, 2.05) is 0 Å². The van der Waals surface area contributed by atoms with E-state index in [9.17, 15) is 13.2 Å². The molecule has 0 saturated heterocycles. The van der Waals surface area contributed by atoms with Gasteiger partial charge in [0, 0.05) is 43.8 Å². The van der Waals surface area contributed by atoms with Crippen molar-refractivity contribution in [2.75, 3.05) is 17.7 Å². The Bertz CT molecular complexity index is 604. The number of halogens is 3. The summed E-state index contributed by atoms with van der Waals surface area (Å²) in [7, 11) is 3.36. The molecule has 0 aliphatic heterocycles. The number of nitrogens with zero attached hydrogens (tertiary/aromatic N) is 3. The van der Waals surface area contributed by atoms with Gasteiger partial charge < -0.3 is 10.6 Å². The molecular weight excluding hydrogens is 269 g/mol. The molecule has 0 bridgehead atoms. The standard InChI is InChI=1S/C13H15F3N4/c1-19(7-9-6-18-20(2)8-9)12-4-3-10(17)5-11(12)13(14,15)16/h3-6,8H,7,17H2,1-2H3. The topological polar surface area (TPSA) is 47.1 Å². The fraction of sp³-hybridized carbons (Fsp3) is 0.308. The number of hydrogen-bond donors (Lipinski definition) is 1. The second-order valence-corrected chi connectivity index (χ2v) is 4.65. The molecule has 1 aromatic heterocycles. The van der Waals surface area contributed by atoms with Gasteiger partial charge in [0.25, 0.3) is 0 Å². The molecular formula is C13H15F3N4. The fourth-order valence-electron chi connectivity index (χ4n) is 2.03. The van der Waals surface area contributed by atoms with Crippen LogP contribution in [0.25, 0.3) is 0 Å². The van der Waals surface area contributed by atoms with Crippen LogP contribution in [0.3, 0.4) is 0 Å². The van der Waals surface area contributed by atoms with Crippen molar-refractivity contribution < 1.29 is 13.2 Å². The minimum Gasteiger partial charge on any atom is -0.399 e. The summed E-state index contributed by atoms with van der Waals surface area (Å²) < 4.78 is 40.7. The van der Waals surface area contributed by atoms with Gasteiger partial charge in [-0.05, 0) is 18.2 Å². The van der Waals surface area contributed by atoms with Gasteiger partial charge in [-0.15, -0.1) is 0 Å².